The molecule has 0 spiro atoms. The van der Waals surface area contributed by atoms with Crippen LogP contribution in [0, 0.1) is 0 Å². The van der Waals surface area contributed by atoms with E-state index in [1.165, 1.54) is 18.0 Å². The molecule has 1 heterocycles. The van der Waals surface area contributed by atoms with Gasteiger partial charge < -0.3 is 9.29 Å². The molecule has 9 heteroatoms. The van der Waals surface area contributed by atoms with Crippen LogP contribution in [-0.2, 0) is 27.2 Å². The van der Waals surface area contributed by atoms with Crippen molar-refractivity contribution in [2.24, 2.45) is 0 Å². The van der Waals surface area contributed by atoms with E-state index in [4.69, 9.17) is 16.3 Å². The quantitative estimate of drug-likeness (QED) is 0.420. The molecule has 0 aliphatic heterocycles. The summed E-state index contributed by atoms with van der Waals surface area (Å²) in [6.45, 7) is 3.71. The zero-order valence-corrected chi connectivity index (χ0v) is 17.0. The van der Waals surface area contributed by atoms with Crippen molar-refractivity contribution in [1.29, 1.82) is 0 Å². The highest BCUT2D eigenvalue weighted by atomic mass is 35.5. The maximum Gasteiger partial charge on any atom is 0.310 e. The van der Waals surface area contributed by atoms with E-state index in [0.29, 0.717) is 27.6 Å². The standard InChI is InChI=1S/C20H18ClN3O4S/c1-3-14-4-9-19(15(10-14)11-20(25)28-2)24(29(26)27)18-12-22-23(13-18)17-7-5-16(21)6-8-17/h3-10,12-13H,1,11H2,2H3,(H,26,27)/p-1. The topological polar surface area (TPSA) is 87.5 Å². The molecule has 2 aromatic carbocycles. The fraction of sp³-hybridized carbons (Fsp3) is 0.100. The van der Waals surface area contributed by atoms with Crippen LogP contribution in [0.3, 0.4) is 0 Å². The second-order valence-corrected chi connectivity index (χ2v) is 7.21. The summed E-state index contributed by atoms with van der Waals surface area (Å²) < 4.78 is 31.5. The predicted molar refractivity (Wildman–Crippen MR) is 112 cm³/mol. The van der Waals surface area contributed by atoms with E-state index in [0.717, 1.165) is 9.87 Å². The Morgan fingerprint density at radius 1 is 1.34 bits per heavy atom. The van der Waals surface area contributed by atoms with Crippen LogP contribution in [0.5, 0.6) is 0 Å². The summed E-state index contributed by atoms with van der Waals surface area (Å²) in [6.07, 6.45) is 4.52. The van der Waals surface area contributed by atoms with Crippen LogP contribution in [0.1, 0.15) is 11.1 Å². The molecule has 1 aromatic heterocycles. The molecule has 150 valence electrons. The van der Waals surface area contributed by atoms with Crippen molar-refractivity contribution in [3.05, 3.63) is 77.6 Å². The zero-order valence-electron chi connectivity index (χ0n) is 15.4. The van der Waals surface area contributed by atoms with Crippen molar-refractivity contribution in [1.82, 2.24) is 9.78 Å². The second-order valence-electron chi connectivity index (χ2n) is 5.98. The molecule has 0 aliphatic rings. The van der Waals surface area contributed by atoms with E-state index >= 15 is 0 Å². The van der Waals surface area contributed by atoms with E-state index in [-0.39, 0.29) is 6.42 Å². The lowest BCUT2D eigenvalue weighted by atomic mass is 10.1. The molecule has 0 N–H and O–H groups in total. The zero-order chi connectivity index (χ0) is 21.0. The molecule has 29 heavy (non-hydrogen) atoms. The normalized spacial score (nSPS) is 11.7. The van der Waals surface area contributed by atoms with Gasteiger partial charge >= 0.3 is 5.97 Å². The van der Waals surface area contributed by atoms with Crippen molar-refractivity contribution in [3.8, 4) is 5.69 Å². The number of hydrogen-bond donors (Lipinski definition) is 0. The Kier molecular flexibility index (Phi) is 6.48. The van der Waals surface area contributed by atoms with Crippen molar-refractivity contribution < 1.29 is 18.3 Å². The number of rotatable bonds is 7. The largest absolute Gasteiger partial charge is 0.755 e. The average molecular weight is 431 g/mol. The van der Waals surface area contributed by atoms with E-state index in [2.05, 4.69) is 11.7 Å². The predicted octanol–water partition coefficient (Wildman–Crippen LogP) is 3.82. The molecule has 1 atom stereocenters. The highest BCUT2D eigenvalue weighted by Gasteiger charge is 2.19. The molecule has 0 fully saturated rings. The van der Waals surface area contributed by atoms with Crippen molar-refractivity contribution in [2.45, 2.75) is 6.42 Å². The molecule has 1 unspecified atom stereocenters. The van der Waals surface area contributed by atoms with Gasteiger partial charge in [0.2, 0.25) is 0 Å². The lowest BCUT2D eigenvalue weighted by Gasteiger charge is -2.27. The van der Waals surface area contributed by atoms with Crippen LogP contribution in [0.4, 0.5) is 11.4 Å². The van der Waals surface area contributed by atoms with Crippen LogP contribution >= 0.6 is 11.6 Å². The van der Waals surface area contributed by atoms with Crippen LogP contribution in [0.15, 0.2) is 61.4 Å². The first-order valence-electron chi connectivity index (χ1n) is 8.45. The van der Waals surface area contributed by atoms with Crippen molar-refractivity contribution >= 4 is 46.3 Å². The van der Waals surface area contributed by atoms with E-state index in [1.807, 2.05) is 0 Å². The van der Waals surface area contributed by atoms with E-state index < -0.39 is 17.2 Å². The van der Waals surface area contributed by atoms with E-state index in [9.17, 15) is 13.6 Å². The Labute approximate surface area is 175 Å². The van der Waals surface area contributed by atoms with Crippen LogP contribution < -0.4 is 4.31 Å². The lowest BCUT2D eigenvalue weighted by Crippen LogP contribution is -2.21. The number of methoxy groups -OCH3 is 1. The van der Waals surface area contributed by atoms with Gasteiger partial charge in [-0.25, -0.2) is 4.68 Å². The molecular formula is C20H17ClN3O4S-. The minimum atomic E-state index is -2.66. The molecule has 0 saturated heterocycles. The number of esters is 1. The van der Waals surface area contributed by atoms with Gasteiger partial charge in [0.1, 0.15) is 0 Å². The van der Waals surface area contributed by atoms with Gasteiger partial charge in [-0.3, -0.25) is 13.3 Å². The van der Waals surface area contributed by atoms with Crippen molar-refractivity contribution in [3.63, 3.8) is 0 Å². The van der Waals surface area contributed by atoms with Crippen LogP contribution in [0.25, 0.3) is 11.8 Å². The van der Waals surface area contributed by atoms with Gasteiger partial charge in [0, 0.05) is 5.02 Å². The molecule has 3 aromatic rings. The van der Waals surface area contributed by atoms with Gasteiger partial charge in [0.25, 0.3) is 0 Å². The molecule has 0 amide bonds. The first-order valence-corrected chi connectivity index (χ1v) is 9.86. The van der Waals surface area contributed by atoms with Gasteiger partial charge in [0.05, 0.1) is 54.3 Å². The molecule has 0 radical (unpaired) electrons. The van der Waals surface area contributed by atoms with Gasteiger partial charge in [-0.1, -0.05) is 30.3 Å². The summed E-state index contributed by atoms with van der Waals surface area (Å²) >= 11 is 3.25. The van der Waals surface area contributed by atoms with Gasteiger partial charge in [-0.2, -0.15) is 5.10 Å². The fourth-order valence-electron chi connectivity index (χ4n) is 2.76. The van der Waals surface area contributed by atoms with Gasteiger partial charge in [-0.15, -0.1) is 0 Å². The summed E-state index contributed by atoms with van der Waals surface area (Å²) in [5, 5.41) is 4.82. The number of ether oxygens (including phenoxy) is 1. The highest BCUT2D eigenvalue weighted by molar-refractivity contribution is 7.81. The van der Waals surface area contributed by atoms with Crippen molar-refractivity contribution in [2.75, 3.05) is 11.4 Å². The molecule has 0 aliphatic carbocycles. The summed E-state index contributed by atoms with van der Waals surface area (Å²) in [5.41, 5.74) is 2.59. The SMILES string of the molecule is C=Cc1ccc(N(c2cnn(-c3ccc(Cl)cc3)c2)S(=O)[O-])c(CC(=O)OC)c1. The second kappa shape index (κ2) is 9.04. The number of nitrogens with zero attached hydrogens (tertiary/aromatic N) is 3. The Hall–Kier alpha value is -2.94. The monoisotopic (exact) mass is 430 g/mol. The Bertz CT molecular complexity index is 1070. The number of hydrogen-bond acceptors (Lipinski definition) is 5. The maximum atomic E-state index is 12.1. The Morgan fingerprint density at radius 2 is 2.07 bits per heavy atom. The number of benzene rings is 2. The number of anilines is 2. The minimum absolute atomic E-state index is 0.0907. The minimum Gasteiger partial charge on any atom is -0.755 e. The third kappa shape index (κ3) is 4.73. The van der Waals surface area contributed by atoms with E-state index in [1.54, 1.807) is 54.7 Å². The first kappa shape index (κ1) is 20.8. The smallest absolute Gasteiger partial charge is 0.310 e. The summed E-state index contributed by atoms with van der Waals surface area (Å²) in [7, 11) is 1.28. The number of carbonyl (C=O) groups is 1. The van der Waals surface area contributed by atoms with Crippen LogP contribution in [0.2, 0.25) is 5.02 Å². The molecule has 0 saturated carbocycles. The summed E-state index contributed by atoms with van der Waals surface area (Å²) in [6, 6.07) is 12.0. The molecular weight excluding hydrogens is 414 g/mol. The lowest BCUT2D eigenvalue weighted by molar-refractivity contribution is -0.139. The highest BCUT2D eigenvalue weighted by Crippen LogP contribution is 2.32. The van der Waals surface area contributed by atoms with Crippen LogP contribution in [-0.4, -0.2) is 31.6 Å². The third-order valence-electron chi connectivity index (χ3n) is 4.16. The number of halogens is 1. The Morgan fingerprint density at radius 3 is 2.69 bits per heavy atom. The Balaban J connectivity index is 2.05. The third-order valence-corrected chi connectivity index (χ3v) is 5.12. The average Bonchev–Trinajstić information content (AvgIpc) is 3.19. The fourth-order valence-corrected chi connectivity index (χ4v) is 3.49. The number of aromatic nitrogens is 2. The first-order chi connectivity index (χ1) is 13.9. The molecule has 3 rings (SSSR count). The summed E-state index contributed by atoms with van der Waals surface area (Å²) in [5.74, 6) is -0.485. The van der Waals surface area contributed by atoms with Gasteiger partial charge in [-0.05, 0) is 47.5 Å². The van der Waals surface area contributed by atoms with Gasteiger partial charge in [0.15, 0.2) is 0 Å². The maximum absolute atomic E-state index is 12.1. The number of carbonyl (C=O) groups excluding carboxylic acids is 1. The summed E-state index contributed by atoms with van der Waals surface area (Å²) in [4.78, 5) is 11.8. The molecule has 0 bridgehead atoms. The molecule has 7 nitrogen and oxygen atoms in total.